The van der Waals surface area contributed by atoms with E-state index in [1.807, 2.05) is 13.8 Å². The lowest BCUT2D eigenvalue weighted by Gasteiger charge is -2.32. The molecule has 0 bridgehead atoms. The number of carbonyl (C=O) groups is 15. The number of rotatable bonds is 50. The molecule has 1 aromatic carbocycles. The highest BCUT2D eigenvalue weighted by molar-refractivity contribution is 6.00. The van der Waals surface area contributed by atoms with Crippen LogP contribution in [0.3, 0.4) is 0 Å². The number of nitrogens with two attached hydrogens (primary N) is 4. The molecule has 1 aromatic heterocycles. The van der Waals surface area contributed by atoms with Crippen molar-refractivity contribution in [1.82, 2.24) is 73.4 Å². The van der Waals surface area contributed by atoms with Gasteiger partial charge in [-0.3, -0.25) is 72.1 Å². The Bertz CT molecular complexity index is 3430. The number of carboxylic acid groups (broad SMARTS) is 3. The summed E-state index contributed by atoms with van der Waals surface area (Å²) < 4.78 is 0. The number of nitrogens with one attached hydrogen (secondary N) is 12. The van der Waals surface area contributed by atoms with Crippen molar-refractivity contribution < 1.29 is 92.3 Å². The Morgan fingerprint density at radius 1 is 0.527 bits per heavy atom. The molecule has 1 aliphatic heterocycles. The zero-order valence-electron chi connectivity index (χ0n) is 64.4. The van der Waals surface area contributed by atoms with E-state index in [0.717, 1.165) is 6.92 Å². The average Bonchev–Trinajstić information content (AvgIpc) is 1.61. The van der Waals surface area contributed by atoms with Crippen molar-refractivity contribution in [2.45, 2.75) is 257 Å². The number of hydrogen-bond donors (Lipinski definition) is 20. The fraction of sp³-hybridized carbons (Fsp3) is 0.653. The maximum Gasteiger partial charge on any atom is 0.326 e. The van der Waals surface area contributed by atoms with E-state index >= 15 is 0 Å². The predicted octanol–water partition coefficient (Wildman–Crippen LogP) is -2.96. The summed E-state index contributed by atoms with van der Waals surface area (Å²) >= 11 is 0. The minimum absolute atomic E-state index is 0.00532. The normalized spacial score (nSPS) is 16.3. The number of aliphatic hydroxyl groups excluding tert-OH is 1. The van der Waals surface area contributed by atoms with Crippen molar-refractivity contribution in [2.75, 3.05) is 19.6 Å². The van der Waals surface area contributed by atoms with Crippen LogP contribution in [-0.2, 0) is 84.8 Å². The van der Waals surface area contributed by atoms with Crippen LogP contribution in [-0.4, -0.2) is 234 Å². The van der Waals surface area contributed by atoms with Gasteiger partial charge in [0.2, 0.25) is 70.9 Å². The number of imidazole rings is 1. The van der Waals surface area contributed by atoms with E-state index in [2.05, 4.69) is 73.4 Å². The molecule has 0 unspecified atom stereocenters. The highest BCUT2D eigenvalue weighted by atomic mass is 16.4. The molecule has 2 heterocycles. The topological polar surface area (TPSA) is 618 Å². The van der Waals surface area contributed by atoms with E-state index in [-0.39, 0.29) is 87.9 Å². The van der Waals surface area contributed by atoms with Gasteiger partial charge < -0.3 is 112 Å². The Balaban J connectivity index is 1.90. The summed E-state index contributed by atoms with van der Waals surface area (Å²) in [6.45, 7) is 16.8. The van der Waals surface area contributed by atoms with Gasteiger partial charge in [-0.15, -0.1) is 0 Å². The van der Waals surface area contributed by atoms with Gasteiger partial charge in [-0.1, -0.05) is 92.1 Å². The van der Waals surface area contributed by atoms with Crippen LogP contribution in [0.4, 0.5) is 0 Å². The van der Waals surface area contributed by atoms with E-state index in [0.29, 0.717) is 37.8 Å². The molecule has 12 amide bonds. The highest BCUT2D eigenvalue weighted by Crippen LogP contribution is 2.22. The number of aliphatic hydroxyl groups is 1. The van der Waals surface area contributed by atoms with E-state index in [4.69, 9.17) is 22.9 Å². The number of aliphatic imine (C=N–C) groups is 1. The summed E-state index contributed by atoms with van der Waals surface area (Å²) in [7, 11) is 0. The summed E-state index contributed by atoms with van der Waals surface area (Å²) in [5.41, 5.74) is 23.5. The summed E-state index contributed by atoms with van der Waals surface area (Å²) in [6.07, 6.45) is -0.327. The van der Waals surface area contributed by atoms with Crippen LogP contribution in [0, 0.1) is 23.7 Å². The molecule has 614 valence electrons. The maximum absolute atomic E-state index is 14.6. The number of likely N-dealkylation sites (tertiary alicyclic amines) is 1. The van der Waals surface area contributed by atoms with Gasteiger partial charge in [0, 0.05) is 50.7 Å². The van der Waals surface area contributed by atoms with E-state index in [1.165, 1.54) is 24.3 Å². The first-order valence-electron chi connectivity index (χ1n) is 37.2. The van der Waals surface area contributed by atoms with Gasteiger partial charge in [-0.25, -0.2) is 9.78 Å². The number of nitrogens with zero attached hydrogens (tertiary/aromatic N) is 3. The first kappa shape index (κ1) is 93.8. The molecule has 38 nitrogen and oxygen atoms in total. The largest absolute Gasteiger partial charge is 0.481 e. The summed E-state index contributed by atoms with van der Waals surface area (Å²) in [6, 6.07) is -10.3. The van der Waals surface area contributed by atoms with Crippen LogP contribution in [0.5, 0.6) is 0 Å². The number of guanidine groups is 1. The molecular weight excluding hydrogens is 1430 g/mol. The molecule has 38 heteroatoms. The molecule has 0 spiro atoms. The Morgan fingerprint density at radius 3 is 1.49 bits per heavy atom. The first-order valence-corrected chi connectivity index (χ1v) is 37.2. The van der Waals surface area contributed by atoms with Gasteiger partial charge in [-0.05, 0) is 120 Å². The maximum atomic E-state index is 14.6. The molecule has 3 rings (SSSR count). The lowest BCUT2D eigenvalue weighted by atomic mass is 9.98. The Morgan fingerprint density at radius 2 is 0.991 bits per heavy atom. The monoisotopic (exact) mass is 1550 g/mol. The zero-order chi connectivity index (χ0) is 82.6. The van der Waals surface area contributed by atoms with Gasteiger partial charge >= 0.3 is 17.9 Å². The number of aliphatic carboxylic acids is 3. The summed E-state index contributed by atoms with van der Waals surface area (Å²) in [4.78, 5) is 218. The molecule has 1 aliphatic rings. The molecule has 2 aromatic rings. The van der Waals surface area contributed by atoms with Crippen molar-refractivity contribution in [3.05, 3.63) is 54.1 Å². The van der Waals surface area contributed by atoms with E-state index in [1.54, 1.807) is 71.9 Å². The number of carbonyl (C=O) groups excluding carboxylic acids is 12. The third-order valence-corrected chi connectivity index (χ3v) is 17.9. The number of hydrogen-bond acceptors (Lipinski definition) is 20. The van der Waals surface area contributed by atoms with Crippen molar-refractivity contribution in [2.24, 2.45) is 51.6 Å². The molecule has 1 saturated heterocycles. The molecule has 0 radical (unpaired) electrons. The minimum Gasteiger partial charge on any atom is -0.481 e. The average molecular weight is 1550 g/mol. The van der Waals surface area contributed by atoms with Crippen molar-refractivity contribution in [1.29, 1.82) is 0 Å². The van der Waals surface area contributed by atoms with Gasteiger partial charge in [0.15, 0.2) is 5.96 Å². The van der Waals surface area contributed by atoms with Crippen LogP contribution in [0.15, 0.2) is 47.8 Å². The van der Waals surface area contributed by atoms with Crippen LogP contribution >= 0.6 is 0 Å². The van der Waals surface area contributed by atoms with Crippen LogP contribution in [0.2, 0.25) is 0 Å². The van der Waals surface area contributed by atoms with Crippen molar-refractivity contribution in [3.8, 4) is 0 Å². The number of H-pyrrole nitrogens is 1. The van der Waals surface area contributed by atoms with Crippen LogP contribution in [0.25, 0.3) is 0 Å². The number of amides is 12. The molecule has 0 saturated carbocycles. The lowest BCUT2D eigenvalue weighted by Crippen LogP contribution is -2.62. The van der Waals surface area contributed by atoms with E-state index < -0.39 is 211 Å². The fourth-order valence-corrected chi connectivity index (χ4v) is 12.0. The van der Waals surface area contributed by atoms with E-state index in [9.17, 15) is 92.3 Å². The standard InChI is InChI=1S/C72H117N19O19/c1-37(2)30-49(65(103)86-52(34-44-35-77-36-79-44)66(104)82-47(23-25-55(93)94)62(100)81-46(21-16-28-78-72(75)76)61(99)88-53(71(109)110)32-39(5)6)85-63(101)48(24-26-56(95)96)83-69(107)58(42(10)92)90-59(97)41(9)80-64(102)51(33-43-18-12-11-13-19-43)87-68(106)54-22-17-29-91(54)70(108)57(40(7)8)89-67(105)50(31-38(3)4)84-60(98)45(74)20-14-15-27-73/h11-13,18-19,35-42,45-54,57-58,92H,14-17,20-34,73-74H2,1-10H3,(H,77,79)(H,80,102)(H,81,100)(H,82,104)(H,83,107)(H,84,98)(H,85,101)(H,86,103)(H,87,106)(H,88,99)(H,89,105)(H,90,97)(H,93,94)(H,95,96)(H,109,110)(H4,75,76,78)/t41-,42+,45-,46-,47-,48-,49-,50-,51-,52-,53-,54-,57-,58-/m0/s1. The fourth-order valence-electron chi connectivity index (χ4n) is 12.0. The SMILES string of the molecule is CC(C)C[C@H](NC(=O)[C@H](CCCN=C(N)N)NC(=O)[C@H](CCC(=O)O)NC(=O)[C@H](Cc1cnc[nH]1)NC(=O)[C@H](CC(C)C)NC(=O)[C@H](CCC(=O)O)NC(=O)[C@@H](NC(=O)[C@H](C)NC(=O)[C@H](Cc1ccccc1)NC(=O)[C@@H]1CCCN1C(=O)[C@@H](NC(=O)[C@H](CC(C)C)NC(=O)[C@@H](N)CCCCN)C(C)C)[C@@H](C)O)C(=O)O. The third kappa shape index (κ3) is 33.6. The van der Waals surface area contributed by atoms with Gasteiger partial charge in [0.25, 0.3) is 0 Å². The second kappa shape index (κ2) is 47.5. The lowest BCUT2D eigenvalue weighted by molar-refractivity contribution is -0.143. The Hall–Kier alpha value is -10.4. The minimum atomic E-state index is -1.92. The Kier molecular flexibility index (Phi) is 40.6. The smallest absolute Gasteiger partial charge is 0.326 e. The molecule has 14 atom stereocenters. The van der Waals surface area contributed by atoms with Gasteiger partial charge in [0.1, 0.15) is 72.5 Å². The van der Waals surface area contributed by atoms with Crippen molar-refractivity contribution in [3.63, 3.8) is 0 Å². The molecule has 110 heavy (non-hydrogen) atoms. The van der Waals surface area contributed by atoms with Crippen molar-refractivity contribution >= 4 is 94.8 Å². The molecule has 1 fully saturated rings. The summed E-state index contributed by atoms with van der Waals surface area (Å²) in [5, 5.41) is 68.3. The quantitative estimate of drug-likeness (QED) is 0.0179. The third-order valence-electron chi connectivity index (χ3n) is 17.9. The molecule has 0 aliphatic carbocycles. The number of unbranched alkanes of at least 4 members (excludes halogenated alkanes) is 1. The first-order chi connectivity index (χ1) is 51.7. The molecule has 24 N–H and O–H groups in total. The molecular formula is C72H117N19O19. The number of aromatic amines is 1. The van der Waals surface area contributed by atoms with Crippen LogP contribution in [0.1, 0.15) is 170 Å². The van der Waals surface area contributed by atoms with Gasteiger partial charge in [-0.2, -0.15) is 0 Å². The second-order valence-corrected chi connectivity index (χ2v) is 29.3. The van der Waals surface area contributed by atoms with Crippen LogP contribution < -0.4 is 81.4 Å². The number of benzene rings is 1. The Labute approximate surface area is 640 Å². The zero-order valence-corrected chi connectivity index (χ0v) is 64.4. The number of aromatic nitrogens is 2. The van der Waals surface area contributed by atoms with Gasteiger partial charge in [0.05, 0.1) is 18.5 Å². The second-order valence-electron chi connectivity index (χ2n) is 29.3. The predicted molar refractivity (Wildman–Crippen MR) is 401 cm³/mol. The number of carboxylic acids is 3. The summed E-state index contributed by atoms with van der Waals surface area (Å²) in [5.74, 6) is -16.7. The highest BCUT2D eigenvalue weighted by Gasteiger charge is 2.42.